The van der Waals surface area contributed by atoms with E-state index in [1.807, 2.05) is 37.3 Å². The lowest BCUT2D eigenvalue weighted by molar-refractivity contribution is 0.567. The molecule has 0 saturated heterocycles. The third kappa shape index (κ3) is 3.03. The van der Waals surface area contributed by atoms with Crippen molar-refractivity contribution in [2.24, 2.45) is 0 Å². The minimum absolute atomic E-state index is 0.214. The first-order valence-electron chi connectivity index (χ1n) is 7.30. The predicted molar refractivity (Wildman–Crippen MR) is 100 cm³/mol. The molecule has 0 unspecified atom stereocenters. The Bertz CT molecular complexity index is 973. The van der Waals surface area contributed by atoms with Crippen molar-refractivity contribution in [3.8, 4) is 5.69 Å². The van der Waals surface area contributed by atoms with Crippen LogP contribution in [-0.2, 0) is 0 Å². The van der Waals surface area contributed by atoms with Crippen molar-refractivity contribution >= 4 is 40.2 Å². The van der Waals surface area contributed by atoms with Crippen LogP contribution in [0.1, 0.15) is 5.82 Å². The van der Waals surface area contributed by atoms with E-state index in [4.69, 9.17) is 23.2 Å². The van der Waals surface area contributed by atoms with Gasteiger partial charge < -0.3 is 4.90 Å². The molecule has 0 fully saturated rings. The van der Waals surface area contributed by atoms with Gasteiger partial charge in [-0.3, -0.25) is 9.36 Å². The van der Waals surface area contributed by atoms with Crippen LogP contribution in [0.25, 0.3) is 22.7 Å². The van der Waals surface area contributed by atoms with Gasteiger partial charge in [-0.2, -0.15) is 0 Å². The van der Waals surface area contributed by atoms with Gasteiger partial charge in [-0.1, -0.05) is 41.4 Å². The largest absolute Gasteiger partial charge is 0.383 e. The second-order valence-electron chi connectivity index (χ2n) is 5.48. The van der Waals surface area contributed by atoms with Crippen LogP contribution in [0.2, 0.25) is 10.0 Å². The molecule has 0 bridgehead atoms. The van der Waals surface area contributed by atoms with Crippen molar-refractivity contribution in [1.29, 1.82) is 0 Å². The molecule has 0 N–H and O–H groups in total. The van der Waals surface area contributed by atoms with E-state index in [0.717, 1.165) is 0 Å². The van der Waals surface area contributed by atoms with Crippen LogP contribution in [0.5, 0.6) is 0 Å². The average molecular weight is 360 g/mol. The van der Waals surface area contributed by atoms with E-state index < -0.39 is 0 Å². The fourth-order valence-corrected chi connectivity index (χ4v) is 2.96. The van der Waals surface area contributed by atoms with E-state index in [2.05, 4.69) is 4.98 Å². The topological polar surface area (TPSA) is 38.1 Å². The highest BCUT2D eigenvalue weighted by molar-refractivity contribution is 6.37. The molecule has 6 heteroatoms. The fourth-order valence-electron chi connectivity index (χ4n) is 2.40. The number of hydrogen-bond donors (Lipinski definition) is 0. The molecule has 0 aliphatic rings. The van der Waals surface area contributed by atoms with Crippen molar-refractivity contribution in [3.63, 3.8) is 0 Å². The summed E-state index contributed by atoms with van der Waals surface area (Å²) < 4.78 is 1.45. The molecule has 0 atom stereocenters. The Kier molecular flexibility index (Phi) is 4.60. The molecule has 2 aromatic carbocycles. The first-order valence-corrected chi connectivity index (χ1v) is 8.05. The molecule has 122 valence electrons. The summed E-state index contributed by atoms with van der Waals surface area (Å²) in [6.45, 7) is 0. The minimum atomic E-state index is -0.214. The van der Waals surface area contributed by atoms with Gasteiger partial charge in [0.05, 0.1) is 26.6 Å². The third-order valence-corrected chi connectivity index (χ3v) is 4.09. The monoisotopic (exact) mass is 359 g/mol. The van der Waals surface area contributed by atoms with Crippen LogP contribution in [0.4, 0.5) is 0 Å². The van der Waals surface area contributed by atoms with E-state index in [9.17, 15) is 4.79 Å². The van der Waals surface area contributed by atoms with Gasteiger partial charge in [0, 0.05) is 20.3 Å². The van der Waals surface area contributed by atoms with Crippen LogP contribution in [-0.4, -0.2) is 28.5 Å². The van der Waals surface area contributed by atoms with Crippen LogP contribution in [0.15, 0.2) is 53.5 Å². The predicted octanol–water partition coefficient (Wildman–Crippen LogP) is 4.22. The summed E-state index contributed by atoms with van der Waals surface area (Å²) in [6, 6.07) is 12.3. The molecule has 0 radical (unpaired) electrons. The zero-order chi connectivity index (χ0) is 17.3. The fraction of sp³-hybridized carbons (Fsp3) is 0.111. The Morgan fingerprint density at radius 1 is 1.04 bits per heavy atom. The summed E-state index contributed by atoms with van der Waals surface area (Å²) in [7, 11) is 3.78. The Morgan fingerprint density at radius 2 is 1.71 bits per heavy atom. The summed E-state index contributed by atoms with van der Waals surface area (Å²) in [5.74, 6) is 0.461. The molecule has 0 aliphatic heterocycles. The molecule has 1 heterocycles. The lowest BCUT2D eigenvalue weighted by Gasteiger charge is -2.14. The number of halogens is 2. The second kappa shape index (κ2) is 6.67. The average Bonchev–Trinajstić information content (AvgIpc) is 2.55. The van der Waals surface area contributed by atoms with E-state index in [1.165, 1.54) is 4.57 Å². The Hall–Kier alpha value is -2.30. The van der Waals surface area contributed by atoms with Crippen LogP contribution >= 0.6 is 23.2 Å². The maximum atomic E-state index is 13.1. The number of hydrogen-bond acceptors (Lipinski definition) is 3. The van der Waals surface area contributed by atoms with Crippen LogP contribution < -0.4 is 5.56 Å². The maximum Gasteiger partial charge on any atom is 0.266 e. The van der Waals surface area contributed by atoms with Gasteiger partial charge in [-0.25, -0.2) is 4.98 Å². The number of rotatable bonds is 3. The standard InChI is InChI=1S/C18H15Cl2N3O/c1-22(2)11-10-16-21-15-9-4-3-6-12(15)18(24)23(16)17-13(19)7-5-8-14(17)20/h3-11H,1-2H3/b11-10+. The van der Waals surface area contributed by atoms with E-state index in [1.54, 1.807) is 36.4 Å². The molecule has 4 nitrogen and oxygen atoms in total. The van der Waals surface area contributed by atoms with E-state index in [0.29, 0.717) is 32.5 Å². The summed E-state index contributed by atoms with van der Waals surface area (Å²) in [6.07, 6.45) is 3.57. The van der Waals surface area contributed by atoms with Crippen molar-refractivity contribution < 1.29 is 0 Å². The van der Waals surface area contributed by atoms with Crippen molar-refractivity contribution in [2.45, 2.75) is 0 Å². The smallest absolute Gasteiger partial charge is 0.266 e. The second-order valence-corrected chi connectivity index (χ2v) is 6.29. The van der Waals surface area contributed by atoms with Gasteiger partial charge in [-0.15, -0.1) is 0 Å². The number of aromatic nitrogens is 2. The van der Waals surface area contributed by atoms with Crippen molar-refractivity contribution in [3.05, 3.63) is 74.9 Å². The molecule has 1 aromatic heterocycles. The maximum absolute atomic E-state index is 13.1. The highest BCUT2D eigenvalue weighted by Crippen LogP contribution is 2.28. The number of benzene rings is 2. The normalized spacial score (nSPS) is 11.3. The minimum Gasteiger partial charge on any atom is -0.383 e. The SMILES string of the molecule is CN(C)/C=C/c1nc2ccccc2c(=O)n1-c1c(Cl)cccc1Cl. The molecule has 0 amide bonds. The van der Waals surface area contributed by atoms with Crippen LogP contribution in [0.3, 0.4) is 0 Å². The van der Waals surface area contributed by atoms with Crippen molar-refractivity contribution in [1.82, 2.24) is 14.5 Å². The first-order chi connectivity index (χ1) is 11.5. The molecule has 0 aliphatic carbocycles. The van der Waals surface area contributed by atoms with Gasteiger partial charge in [0.1, 0.15) is 5.82 Å². The molecular formula is C18H15Cl2N3O. The van der Waals surface area contributed by atoms with E-state index >= 15 is 0 Å². The van der Waals surface area contributed by atoms with Crippen LogP contribution in [0, 0.1) is 0 Å². The lowest BCUT2D eigenvalue weighted by Crippen LogP contribution is -2.23. The highest BCUT2D eigenvalue weighted by atomic mass is 35.5. The molecule has 0 spiro atoms. The Labute approximate surface area is 149 Å². The molecular weight excluding hydrogens is 345 g/mol. The summed E-state index contributed by atoms with van der Waals surface area (Å²) in [5.41, 5.74) is 0.844. The molecule has 3 aromatic rings. The lowest BCUT2D eigenvalue weighted by atomic mass is 10.2. The number of fused-ring (bicyclic) bond motifs is 1. The third-order valence-electron chi connectivity index (χ3n) is 3.48. The number of para-hydroxylation sites is 2. The van der Waals surface area contributed by atoms with Gasteiger partial charge in [0.2, 0.25) is 0 Å². The highest BCUT2D eigenvalue weighted by Gasteiger charge is 2.16. The van der Waals surface area contributed by atoms with Gasteiger partial charge >= 0.3 is 0 Å². The molecule has 24 heavy (non-hydrogen) atoms. The van der Waals surface area contributed by atoms with Gasteiger partial charge in [0.25, 0.3) is 5.56 Å². The van der Waals surface area contributed by atoms with E-state index in [-0.39, 0.29) is 5.56 Å². The first kappa shape index (κ1) is 16.6. The molecule has 0 saturated carbocycles. The quantitative estimate of drug-likeness (QED) is 0.702. The van der Waals surface area contributed by atoms with Gasteiger partial charge in [0.15, 0.2) is 0 Å². The summed E-state index contributed by atoms with van der Waals surface area (Å²) >= 11 is 12.6. The zero-order valence-corrected chi connectivity index (χ0v) is 14.7. The summed E-state index contributed by atoms with van der Waals surface area (Å²) in [4.78, 5) is 19.5. The summed E-state index contributed by atoms with van der Waals surface area (Å²) in [5, 5.41) is 1.29. The Morgan fingerprint density at radius 3 is 2.38 bits per heavy atom. The Balaban J connectivity index is 2.42. The zero-order valence-electron chi connectivity index (χ0n) is 13.2. The number of nitrogens with zero attached hydrogens (tertiary/aromatic N) is 3. The van der Waals surface area contributed by atoms with Gasteiger partial charge in [-0.05, 0) is 30.3 Å². The van der Waals surface area contributed by atoms with Crippen molar-refractivity contribution in [2.75, 3.05) is 14.1 Å². The molecule has 3 rings (SSSR count).